The average molecular weight is 387 g/mol. The highest BCUT2D eigenvalue weighted by Gasteiger charge is 2.35. The van der Waals surface area contributed by atoms with E-state index in [4.69, 9.17) is 0 Å². The van der Waals surface area contributed by atoms with Gasteiger partial charge in [0.2, 0.25) is 0 Å². The number of nitrogens with zero attached hydrogens (tertiary/aromatic N) is 4. The molecule has 1 atom stereocenters. The number of halogens is 3. The Balaban J connectivity index is 1.53. The molecule has 2 aromatic rings. The summed E-state index contributed by atoms with van der Waals surface area (Å²) in [5.41, 5.74) is -0.0555. The molecular weight excluding hydrogens is 367 g/mol. The molecule has 142 valence electrons. The van der Waals surface area contributed by atoms with E-state index in [9.17, 15) is 18.0 Å². The summed E-state index contributed by atoms with van der Waals surface area (Å²) in [7, 11) is 1.81. The van der Waals surface area contributed by atoms with Crippen molar-refractivity contribution in [3.63, 3.8) is 0 Å². The quantitative estimate of drug-likeness (QED) is 0.876. The summed E-state index contributed by atoms with van der Waals surface area (Å²) < 4.78 is 39.7. The lowest BCUT2D eigenvalue weighted by atomic mass is 9.98. The van der Waals surface area contributed by atoms with E-state index >= 15 is 0 Å². The van der Waals surface area contributed by atoms with Crippen LogP contribution in [0.4, 0.5) is 18.0 Å². The van der Waals surface area contributed by atoms with E-state index in [2.05, 4.69) is 15.4 Å². The van der Waals surface area contributed by atoms with Crippen molar-refractivity contribution in [2.45, 2.75) is 37.9 Å². The van der Waals surface area contributed by atoms with Crippen molar-refractivity contribution < 1.29 is 18.0 Å². The summed E-state index contributed by atoms with van der Waals surface area (Å²) in [5, 5.41) is 8.73. The summed E-state index contributed by atoms with van der Waals surface area (Å²) in [6.45, 7) is 2.85. The Labute approximate surface area is 153 Å². The minimum Gasteiger partial charge on any atom is -0.330 e. The van der Waals surface area contributed by atoms with Crippen LogP contribution in [0.15, 0.2) is 17.6 Å². The number of hydrogen-bond acceptors (Lipinski definition) is 4. The topological polar surface area (TPSA) is 63.1 Å². The Bertz CT molecular complexity index is 764. The second-order valence-electron chi connectivity index (χ2n) is 6.42. The number of nitrogens with one attached hydrogen (secondary N) is 1. The van der Waals surface area contributed by atoms with Crippen LogP contribution in [0.2, 0.25) is 0 Å². The van der Waals surface area contributed by atoms with Crippen molar-refractivity contribution in [1.29, 1.82) is 0 Å². The van der Waals surface area contributed by atoms with Crippen LogP contribution in [0.1, 0.15) is 48.1 Å². The van der Waals surface area contributed by atoms with Gasteiger partial charge in [0.15, 0.2) is 5.69 Å². The van der Waals surface area contributed by atoms with E-state index < -0.39 is 11.9 Å². The van der Waals surface area contributed by atoms with Gasteiger partial charge in [0.1, 0.15) is 0 Å². The Morgan fingerprint density at radius 3 is 2.62 bits per heavy atom. The zero-order valence-electron chi connectivity index (χ0n) is 14.5. The number of alkyl halides is 3. The van der Waals surface area contributed by atoms with E-state index in [1.165, 1.54) is 0 Å². The predicted octanol–water partition coefficient (Wildman–Crippen LogP) is 3.55. The molecule has 0 spiro atoms. The summed E-state index contributed by atoms with van der Waals surface area (Å²) in [6.07, 6.45) is -1.38. The number of thiazole rings is 1. The molecule has 0 aliphatic carbocycles. The maximum absolute atomic E-state index is 12.7. The molecular formula is C16H20F3N5OS. The zero-order chi connectivity index (χ0) is 18.9. The lowest BCUT2D eigenvalue weighted by Crippen LogP contribution is -2.44. The lowest BCUT2D eigenvalue weighted by Gasteiger charge is -2.32. The Morgan fingerprint density at radius 1 is 1.38 bits per heavy atom. The van der Waals surface area contributed by atoms with Gasteiger partial charge < -0.3 is 10.2 Å². The van der Waals surface area contributed by atoms with Crippen LogP contribution >= 0.6 is 11.3 Å². The molecule has 0 radical (unpaired) electrons. The van der Waals surface area contributed by atoms with Crippen LogP contribution in [0.25, 0.3) is 0 Å². The van der Waals surface area contributed by atoms with Crippen molar-refractivity contribution in [2.24, 2.45) is 7.05 Å². The molecule has 10 heteroatoms. The average Bonchev–Trinajstić information content (AvgIpc) is 3.23. The summed E-state index contributed by atoms with van der Waals surface area (Å²) in [6, 6.07) is 1.45. The number of aromatic nitrogens is 3. The molecule has 26 heavy (non-hydrogen) atoms. The minimum atomic E-state index is -4.41. The van der Waals surface area contributed by atoms with Gasteiger partial charge in [-0.05, 0) is 25.8 Å². The molecule has 1 saturated heterocycles. The van der Waals surface area contributed by atoms with Gasteiger partial charge in [0.25, 0.3) is 0 Å². The molecule has 0 unspecified atom stereocenters. The van der Waals surface area contributed by atoms with Gasteiger partial charge in [-0.25, -0.2) is 9.78 Å². The Hall–Kier alpha value is -2.10. The highest BCUT2D eigenvalue weighted by Crippen LogP contribution is 2.35. The SMILES string of the molecule is C[C@H](NC(=O)N1CCC(c2nc(C(F)(F)F)cs2)CC1)c1ccn(C)n1. The van der Waals surface area contributed by atoms with Gasteiger partial charge in [-0.3, -0.25) is 4.68 Å². The lowest BCUT2D eigenvalue weighted by molar-refractivity contribution is -0.140. The highest BCUT2D eigenvalue weighted by atomic mass is 32.1. The van der Waals surface area contributed by atoms with E-state index in [0.29, 0.717) is 30.9 Å². The molecule has 0 bridgehead atoms. The van der Waals surface area contributed by atoms with Gasteiger partial charge in [0.05, 0.1) is 16.7 Å². The third kappa shape index (κ3) is 4.17. The number of urea groups is 1. The van der Waals surface area contributed by atoms with E-state index in [0.717, 1.165) is 22.4 Å². The van der Waals surface area contributed by atoms with Crippen molar-refractivity contribution in [1.82, 2.24) is 25.0 Å². The fraction of sp³-hybridized carbons (Fsp3) is 0.562. The molecule has 1 aliphatic heterocycles. The third-order valence-corrected chi connectivity index (χ3v) is 5.47. The van der Waals surface area contributed by atoms with E-state index in [1.54, 1.807) is 9.58 Å². The molecule has 3 rings (SSSR count). The maximum Gasteiger partial charge on any atom is 0.434 e. The molecule has 1 N–H and O–H groups in total. The first-order chi connectivity index (χ1) is 12.2. The highest BCUT2D eigenvalue weighted by molar-refractivity contribution is 7.09. The molecule has 2 aromatic heterocycles. The summed E-state index contributed by atoms with van der Waals surface area (Å²) >= 11 is 1.04. The zero-order valence-corrected chi connectivity index (χ0v) is 15.3. The van der Waals surface area contributed by atoms with Gasteiger partial charge >= 0.3 is 12.2 Å². The van der Waals surface area contributed by atoms with Crippen LogP contribution in [-0.2, 0) is 13.2 Å². The van der Waals surface area contributed by atoms with Crippen molar-refractivity contribution in [2.75, 3.05) is 13.1 Å². The fourth-order valence-corrected chi connectivity index (χ4v) is 3.95. The maximum atomic E-state index is 12.7. The predicted molar refractivity (Wildman–Crippen MR) is 90.8 cm³/mol. The second kappa shape index (κ2) is 7.26. The number of amides is 2. The number of rotatable bonds is 3. The molecule has 6 nitrogen and oxygen atoms in total. The Kier molecular flexibility index (Phi) is 5.22. The smallest absolute Gasteiger partial charge is 0.330 e. The summed E-state index contributed by atoms with van der Waals surface area (Å²) in [5.74, 6) is -0.0339. The first-order valence-corrected chi connectivity index (χ1v) is 9.19. The number of hydrogen-bond donors (Lipinski definition) is 1. The summed E-state index contributed by atoms with van der Waals surface area (Å²) in [4.78, 5) is 17.8. The number of carbonyl (C=O) groups excluding carboxylic acids is 1. The minimum absolute atomic E-state index is 0.0339. The van der Waals surface area contributed by atoms with Crippen molar-refractivity contribution in [3.05, 3.63) is 34.0 Å². The van der Waals surface area contributed by atoms with E-state index in [-0.39, 0.29) is 18.0 Å². The fourth-order valence-electron chi connectivity index (χ4n) is 2.95. The first kappa shape index (κ1) is 18.7. The molecule has 0 saturated carbocycles. The second-order valence-corrected chi connectivity index (χ2v) is 7.31. The van der Waals surface area contributed by atoms with Crippen LogP contribution < -0.4 is 5.32 Å². The van der Waals surface area contributed by atoms with Gasteiger partial charge in [-0.1, -0.05) is 0 Å². The largest absolute Gasteiger partial charge is 0.434 e. The van der Waals surface area contributed by atoms with Crippen molar-refractivity contribution in [3.8, 4) is 0 Å². The number of likely N-dealkylation sites (tertiary alicyclic amines) is 1. The number of aryl methyl sites for hydroxylation is 1. The molecule has 0 aromatic carbocycles. The van der Waals surface area contributed by atoms with Gasteiger partial charge in [0, 0.05) is 37.6 Å². The molecule has 1 fully saturated rings. The monoisotopic (exact) mass is 387 g/mol. The van der Waals surface area contributed by atoms with E-state index in [1.807, 2.05) is 26.2 Å². The standard InChI is InChI=1S/C16H20F3N5OS/c1-10(12-5-6-23(2)22-12)20-15(25)24-7-3-11(4-8-24)14-21-13(9-26-14)16(17,18)19/h5-6,9-11H,3-4,7-8H2,1-2H3,(H,20,25)/t10-/m0/s1. The number of carbonyl (C=O) groups is 1. The number of piperidine rings is 1. The van der Waals surface area contributed by atoms with Crippen LogP contribution in [0.5, 0.6) is 0 Å². The first-order valence-electron chi connectivity index (χ1n) is 8.31. The third-order valence-electron chi connectivity index (χ3n) is 4.46. The van der Waals surface area contributed by atoms with Gasteiger partial charge in [-0.2, -0.15) is 18.3 Å². The van der Waals surface area contributed by atoms with Crippen LogP contribution in [-0.4, -0.2) is 38.8 Å². The van der Waals surface area contributed by atoms with Crippen LogP contribution in [0.3, 0.4) is 0 Å². The van der Waals surface area contributed by atoms with Gasteiger partial charge in [-0.15, -0.1) is 11.3 Å². The van der Waals surface area contributed by atoms with Crippen LogP contribution in [0, 0.1) is 0 Å². The Morgan fingerprint density at radius 2 is 2.08 bits per heavy atom. The normalized spacial score (nSPS) is 17.3. The molecule has 2 amide bonds. The van der Waals surface area contributed by atoms with Crippen molar-refractivity contribution >= 4 is 17.4 Å². The molecule has 3 heterocycles. The molecule has 1 aliphatic rings.